The largest absolute Gasteiger partial charge is 0.508 e. The van der Waals surface area contributed by atoms with Crippen LogP contribution in [0.2, 0.25) is 32.2 Å². The van der Waals surface area contributed by atoms with Crippen LogP contribution in [0.25, 0.3) is 0 Å². The highest BCUT2D eigenvalue weighted by Gasteiger charge is 2.30. The Hall–Kier alpha value is -0.846. The van der Waals surface area contributed by atoms with Crippen LogP contribution in [-0.4, -0.2) is 21.7 Å². The average molecular weight is 295 g/mol. The monoisotopic (exact) mass is 294 g/mol. The van der Waals surface area contributed by atoms with E-state index in [1.165, 1.54) is 0 Å². The van der Waals surface area contributed by atoms with Crippen LogP contribution >= 0.6 is 0 Å². The van der Waals surface area contributed by atoms with E-state index in [1.807, 2.05) is 23.9 Å². The fourth-order valence-corrected chi connectivity index (χ4v) is 9.70. The van der Waals surface area contributed by atoms with Crippen molar-refractivity contribution >= 4 is 16.6 Å². The Labute approximate surface area is 119 Å². The van der Waals surface area contributed by atoms with Crippen molar-refractivity contribution in [3.05, 3.63) is 42.1 Å². The third kappa shape index (κ3) is 5.76. The van der Waals surface area contributed by atoms with Gasteiger partial charge >= 0.3 is 0 Å². The van der Waals surface area contributed by atoms with E-state index in [0.717, 1.165) is 24.4 Å². The van der Waals surface area contributed by atoms with Crippen molar-refractivity contribution in [3.8, 4) is 5.75 Å². The summed E-state index contributed by atoms with van der Waals surface area (Å²) in [7, 11) is -3.30. The smallest absolute Gasteiger partial charge is 0.197 e. The second kappa shape index (κ2) is 6.54. The van der Waals surface area contributed by atoms with Crippen molar-refractivity contribution in [2.75, 3.05) is 0 Å². The van der Waals surface area contributed by atoms with E-state index < -0.39 is 16.6 Å². The number of para-hydroxylation sites is 1. The molecule has 1 N–H and O–H groups in total. The summed E-state index contributed by atoms with van der Waals surface area (Å²) in [4.78, 5) is 0. The second-order valence-electron chi connectivity index (χ2n) is 6.15. The molecule has 4 heteroatoms. The van der Waals surface area contributed by atoms with Gasteiger partial charge in [-0.2, -0.15) is 0 Å². The van der Waals surface area contributed by atoms with Crippen molar-refractivity contribution in [1.82, 2.24) is 0 Å². The maximum Gasteiger partial charge on any atom is 0.197 e. The highest BCUT2D eigenvalue weighted by atomic mass is 28.4. The third-order valence-corrected chi connectivity index (χ3v) is 10.1. The lowest BCUT2D eigenvalue weighted by Crippen LogP contribution is -2.43. The van der Waals surface area contributed by atoms with E-state index in [1.54, 1.807) is 6.07 Å². The minimum absolute atomic E-state index is 0.406. The van der Waals surface area contributed by atoms with Gasteiger partial charge in [0.1, 0.15) is 5.75 Å². The molecule has 1 aromatic carbocycles. The molecular weight excluding hydrogens is 268 g/mol. The lowest BCUT2D eigenvalue weighted by Gasteiger charge is -2.32. The second-order valence-corrected chi connectivity index (χ2v) is 14.6. The van der Waals surface area contributed by atoms with Gasteiger partial charge in [-0.1, -0.05) is 23.9 Å². The minimum Gasteiger partial charge on any atom is -0.508 e. The highest BCUT2D eigenvalue weighted by molar-refractivity contribution is 6.87. The molecule has 0 unspecified atom stereocenters. The summed E-state index contributed by atoms with van der Waals surface area (Å²) in [5, 5.41) is 9.74. The molecule has 0 aliphatic carbocycles. The van der Waals surface area contributed by atoms with Crippen LogP contribution in [0.15, 0.2) is 36.5 Å². The molecule has 0 radical (unpaired) electrons. The van der Waals surface area contributed by atoms with Crippen LogP contribution in [0.3, 0.4) is 0 Å². The first-order valence-electron chi connectivity index (χ1n) is 6.86. The Balaban J connectivity index is 2.48. The van der Waals surface area contributed by atoms with E-state index in [2.05, 4.69) is 32.8 Å². The van der Waals surface area contributed by atoms with Gasteiger partial charge in [-0.25, -0.2) is 0 Å². The SMILES string of the molecule is C=C[Si](C)(C)O[Si](C)(C)CCCc1ccccc1O. The van der Waals surface area contributed by atoms with E-state index >= 15 is 0 Å². The Kier molecular flexibility index (Phi) is 5.58. The van der Waals surface area contributed by atoms with Crippen LogP contribution in [0.5, 0.6) is 5.75 Å². The van der Waals surface area contributed by atoms with Gasteiger partial charge in [0.2, 0.25) is 0 Å². The zero-order valence-corrected chi connectivity index (χ0v) is 14.6. The number of aromatic hydroxyl groups is 1. The molecular formula is C15H26O2Si2. The Morgan fingerprint density at radius 1 is 1.21 bits per heavy atom. The van der Waals surface area contributed by atoms with E-state index in [9.17, 15) is 5.11 Å². The van der Waals surface area contributed by atoms with Gasteiger partial charge in [0.25, 0.3) is 0 Å². The molecule has 0 aromatic heterocycles. The molecule has 106 valence electrons. The minimum atomic E-state index is -1.68. The van der Waals surface area contributed by atoms with Gasteiger partial charge in [-0.3, -0.25) is 0 Å². The maximum atomic E-state index is 9.74. The summed E-state index contributed by atoms with van der Waals surface area (Å²) < 4.78 is 6.34. The fraction of sp³-hybridized carbons (Fsp3) is 0.467. The number of hydrogen-bond acceptors (Lipinski definition) is 2. The molecule has 1 aromatic rings. The van der Waals surface area contributed by atoms with Crippen LogP contribution in [-0.2, 0) is 10.5 Å². The van der Waals surface area contributed by atoms with Gasteiger partial charge in [0.05, 0.1) is 0 Å². The number of benzene rings is 1. The first-order valence-corrected chi connectivity index (χ1v) is 13.0. The van der Waals surface area contributed by atoms with Gasteiger partial charge in [-0.05, 0) is 56.7 Å². The summed E-state index contributed by atoms with van der Waals surface area (Å²) in [6, 6.07) is 8.70. The van der Waals surface area contributed by atoms with Gasteiger partial charge < -0.3 is 9.22 Å². The van der Waals surface area contributed by atoms with Crippen molar-refractivity contribution in [2.24, 2.45) is 0 Å². The van der Waals surface area contributed by atoms with Crippen LogP contribution < -0.4 is 0 Å². The Bertz CT molecular complexity index is 428. The molecule has 1 rings (SSSR count). The van der Waals surface area contributed by atoms with Crippen molar-refractivity contribution in [1.29, 1.82) is 0 Å². The van der Waals surface area contributed by atoms with Gasteiger partial charge in [-0.15, -0.1) is 6.58 Å². The van der Waals surface area contributed by atoms with Gasteiger partial charge in [0, 0.05) is 0 Å². The van der Waals surface area contributed by atoms with Crippen LogP contribution in [0.4, 0.5) is 0 Å². The summed E-state index contributed by atoms with van der Waals surface area (Å²) in [5.74, 6) is 0.406. The zero-order valence-electron chi connectivity index (χ0n) is 12.6. The van der Waals surface area contributed by atoms with Crippen molar-refractivity contribution < 1.29 is 9.22 Å². The number of aryl methyl sites for hydroxylation is 1. The molecule has 0 fully saturated rings. The fourth-order valence-electron chi connectivity index (χ4n) is 2.23. The summed E-state index contributed by atoms with van der Waals surface area (Å²) in [6.07, 6.45) is 1.99. The number of phenols is 1. The number of hydrogen-bond donors (Lipinski definition) is 1. The normalized spacial score (nSPS) is 12.4. The van der Waals surface area contributed by atoms with Crippen molar-refractivity contribution in [2.45, 2.75) is 45.1 Å². The molecule has 0 spiro atoms. The molecule has 0 amide bonds. The predicted molar refractivity (Wildman–Crippen MR) is 87.5 cm³/mol. The molecule has 0 aliphatic heterocycles. The number of rotatable bonds is 7. The highest BCUT2D eigenvalue weighted by Crippen LogP contribution is 2.23. The maximum absolute atomic E-state index is 9.74. The topological polar surface area (TPSA) is 29.5 Å². The summed E-state index contributed by atoms with van der Waals surface area (Å²) in [5.41, 5.74) is 3.04. The van der Waals surface area contributed by atoms with E-state index in [0.29, 0.717) is 5.75 Å². The van der Waals surface area contributed by atoms with Crippen LogP contribution in [0.1, 0.15) is 12.0 Å². The lowest BCUT2D eigenvalue weighted by atomic mass is 10.1. The van der Waals surface area contributed by atoms with Crippen molar-refractivity contribution in [3.63, 3.8) is 0 Å². The Morgan fingerprint density at radius 3 is 2.42 bits per heavy atom. The first kappa shape index (κ1) is 16.2. The molecule has 0 saturated carbocycles. The zero-order chi connectivity index (χ0) is 14.5. The molecule has 0 aliphatic rings. The Morgan fingerprint density at radius 2 is 1.84 bits per heavy atom. The molecule has 19 heavy (non-hydrogen) atoms. The summed E-state index contributed by atoms with van der Waals surface area (Å²) >= 11 is 0. The standard InChI is InChI=1S/C15H26O2Si2/c1-6-18(2,3)17-19(4,5)13-9-11-14-10-7-8-12-15(14)16/h6-8,10,12,16H,1,9,11,13H2,2-5H3. The molecule has 0 heterocycles. The third-order valence-electron chi connectivity index (χ3n) is 3.25. The molecule has 0 atom stereocenters. The molecule has 0 bridgehead atoms. The van der Waals surface area contributed by atoms with Crippen LogP contribution in [0, 0.1) is 0 Å². The van der Waals surface area contributed by atoms with E-state index in [4.69, 9.17) is 4.12 Å². The molecule has 2 nitrogen and oxygen atoms in total. The predicted octanol–water partition coefficient (Wildman–Crippen LogP) is 4.48. The van der Waals surface area contributed by atoms with E-state index in [-0.39, 0.29) is 0 Å². The molecule has 0 saturated heterocycles. The first-order chi connectivity index (χ1) is 8.76. The average Bonchev–Trinajstić information content (AvgIpc) is 2.30. The summed E-state index contributed by atoms with van der Waals surface area (Å²) in [6.45, 7) is 12.8. The number of phenolic OH excluding ortho intramolecular Hbond substituents is 1. The van der Waals surface area contributed by atoms with Gasteiger partial charge in [0.15, 0.2) is 16.6 Å². The lowest BCUT2D eigenvalue weighted by molar-refractivity contribution is 0.467. The quantitative estimate of drug-likeness (QED) is 0.751.